The number of aromatic nitrogens is 6. The first-order chi connectivity index (χ1) is 12.0. The van der Waals surface area contributed by atoms with E-state index in [2.05, 4.69) is 26.7 Å². The molecule has 0 radical (unpaired) electrons. The van der Waals surface area contributed by atoms with Gasteiger partial charge in [0.05, 0.1) is 22.3 Å². The first-order valence-corrected chi connectivity index (χ1v) is 8.49. The molecule has 0 bridgehead atoms. The minimum atomic E-state index is 0.0887. The zero-order chi connectivity index (χ0) is 17.7. The van der Waals surface area contributed by atoms with E-state index in [0.29, 0.717) is 5.02 Å². The Morgan fingerprint density at radius 2 is 1.96 bits per heavy atom. The van der Waals surface area contributed by atoms with Crippen LogP contribution in [0.4, 0.5) is 0 Å². The van der Waals surface area contributed by atoms with E-state index in [1.807, 2.05) is 61.0 Å². The molecule has 6 nitrogen and oxygen atoms in total. The molecule has 0 aliphatic heterocycles. The van der Waals surface area contributed by atoms with E-state index in [9.17, 15) is 0 Å². The van der Waals surface area contributed by atoms with Gasteiger partial charge in [0, 0.05) is 43.6 Å². The topological polar surface area (TPSA) is 53.5 Å². The van der Waals surface area contributed by atoms with E-state index in [1.54, 1.807) is 6.20 Å². The van der Waals surface area contributed by atoms with Crippen LogP contribution in [0, 0.1) is 6.92 Å². The van der Waals surface area contributed by atoms with Crippen LogP contribution in [0.15, 0.2) is 36.8 Å². The van der Waals surface area contributed by atoms with Crippen molar-refractivity contribution in [3.05, 3.63) is 53.1 Å². The first kappa shape index (κ1) is 15.9. The van der Waals surface area contributed by atoms with Crippen molar-refractivity contribution < 1.29 is 0 Å². The van der Waals surface area contributed by atoms with E-state index < -0.39 is 0 Å². The zero-order valence-corrected chi connectivity index (χ0v) is 15.4. The Labute approximate surface area is 150 Å². The quantitative estimate of drug-likeness (QED) is 0.563. The lowest BCUT2D eigenvalue weighted by molar-refractivity contribution is 0.639. The zero-order valence-electron chi connectivity index (χ0n) is 14.6. The molecule has 1 aromatic carbocycles. The Balaban J connectivity index is 1.90. The van der Waals surface area contributed by atoms with Crippen molar-refractivity contribution in [1.29, 1.82) is 0 Å². The minimum Gasteiger partial charge on any atom is -0.322 e. The molecule has 0 N–H and O–H groups in total. The number of imidazole rings is 1. The van der Waals surface area contributed by atoms with Gasteiger partial charge in [-0.3, -0.25) is 9.36 Å². The van der Waals surface area contributed by atoms with Gasteiger partial charge in [0.2, 0.25) is 0 Å². The molecular weight excluding hydrogens is 336 g/mol. The predicted octanol–water partition coefficient (Wildman–Crippen LogP) is 3.74. The standard InChI is InChI=1S/C18H19ClN6/c1-11-13(10-23(3)21-11)12(2)25-9-8-20-18(25)17-16-14(19)6-5-7-15(16)24(4)22-17/h5-10,12H,1-4H3/t12-/m0/s1. The second kappa shape index (κ2) is 5.74. The van der Waals surface area contributed by atoms with Gasteiger partial charge in [-0.2, -0.15) is 10.2 Å². The fraction of sp³-hybridized carbons (Fsp3) is 0.278. The highest BCUT2D eigenvalue weighted by molar-refractivity contribution is 6.36. The Hall–Kier alpha value is -2.60. The largest absolute Gasteiger partial charge is 0.322 e. The van der Waals surface area contributed by atoms with Gasteiger partial charge < -0.3 is 4.57 Å². The number of aryl methyl sites for hydroxylation is 3. The molecule has 1 atom stereocenters. The number of fused-ring (bicyclic) bond motifs is 1. The summed E-state index contributed by atoms with van der Waals surface area (Å²) in [5.41, 5.74) is 3.95. The van der Waals surface area contributed by atoms with Gasteiger partial charge in [-0.1, -0.05) is 17.7 Å². The molecule has 0 aliphatic rings. The monoisotopic (exact) mass is 354 g/mol. The normalized spacial score (nSPS) is 12.8. The number of hydrogen-bond donors (Lipinski definition) is 0. The summed E-state index contributed by atoms with van der Waals surface area (Å²) in [6.45, 7) is 4.16. The van der Waals surface area contributed by atoms with Crippen molar-refractivity contribution in [2.45, 2.75) is 19.9 Å². The summed E-state index contributed by atoms with van der Waals surface area (Å²) in [7, 11) is 3.86. The molecule has 3 aromatic heterocycles. The van der Waals surface area contributed by atoms with Crippen molar-refractivity contribution >= 4 is 22.5 Å². The molecule has 0 amide bonds. The average molecular weight is 355 g/mol. The van der Waals surface area contributed by atoms with Gasteiger partial charge in [-0.25, -0.2) is 4.98 Å². The lowest BCUT2D eigenvalue weighted by Gasteiger charge is -2.15. The number of rotatable bonds is 3. The summed E-state index contributed by atoms with van der Waals surface area (Å²) in [4.78, 5) is 4.58. The van der Waals surface area contributed by atoms with Crippen molar-refractivity contribution in [2.24, 2.45) is 14.1 Å². The maximum Gasteiger partial charge on any atom is 0.161 e. The Morgan fingerprint density at radius 3 is 2.68 bits per heavy atom. The number of hydrogen-bond acceptors (Lipinski definition) is 3. The van der Waals surface area contributed by atoms with E-state index in [0.717, 1.165) is 33.7 Å². The number of benzene rings is 1. The van der Waals surface area contributed by atoms with Gasteiger partial charge >= 0.3 is 0 Å². The lowest BCUT2D eigenvalue weighted by atomic mass is 10.1. The van der Waals surface area contributed by atoms with Gasteiger partial charge in [0.25, 0.3) is 0 Å². The summed E-state index contributed by atoms with van der Waals surface area (Å²) in [6.07, 6.45) is 5.83. The van der Waals surface area contributed by atoms with Crippen LogP contribution < -0.4 is 0 Å². The SMILES string of the molecule is Cc1nn(C)cc1[C@H](C)n1ccnc1-c1nn(C)c2cccc(Cl)c12. The highest BCUT2D eigenvalue weighted by Gasteiger charge is 2.22. The summed E-state index contributed by atoms with van der Waals surface area (Å²) < 4.78 is 5.80. The van der Waals surface area contributed by atoms with E-state index >= 15 is 0 Å². The average Bonchev–Trinajstić information content (AvgIpc) is 3.25. The van der Waals surface area contributed by atoms with Gasteiger partial charge in [0.15, 0.2) is 5.82 Å². The second-order valence-electron chi connectivity index (χ2n) is 6.28. The molecule has 4 aromatic rings. The molecular formula is C18H19ClN6. The smallest absolute Gasteiger partial charge is 0.161 e. The molecule has 25 heavy (non-hydrogen) atoms. The van der Waals surface area contributed by atoms with Crippen LogP contribution in [0.3, 0.4) is 0 Å². The van der Waals surface area contributed by atoms with Crippen LogP contribution in [0.25, 0.3) is 22.4 Å². The van der Waals surface area contributed by atoms with Crippen LogP contribution in [-0.2, 0) is 14.1 Å². The molecule has 0 saturated carbocycles. The molecule has 0 unspecified atom stereocenters. The number of nitrogens with zero attached hydrogens (tertiary/aromatic N) is 6. The van der Waals surface area contributed by atoms with Crippen LogP contribution in [0.2, 0.25) is 5.02 Å². The lowest BCUT2D eigenvalue weighted by Crippen LogP contribution is -2.08. The summed E-state index contributed by atoms with van der Waals surface area (Å²) in [5.74, 6) is 0.800. The predicted molar refractivity (Wildman–Crippen MR) is 98.7 cm³/mol. The highest BCUT2D eigenvalue weighted by Crippen LogP contribution is 2.34. The van der Waals surface area contributed by atoms with Crippen molar-refractivity contribution in [3.8, 4) is 11.5 Å². The minimum absolute atomic E-state index is 0.0887. The maximum absolute atomic E-state index is 6.47. The molecule has 128 valence electrons. The molecule has 3 heterocycles. The third-order valence-electron chi connectivity index (χ3n) is 4.63. The fourth-order valence-corrected chi connectivity index (χ4v) is 3.67. The summed E-state index contributed by atoms with van der Waals surface area (Å²) in [6, 6.07) is 5.92. The Morgan fingerprint density at radius 1 is 1.16 bits per heavy atom. The molecule has 7 heteroatoms. The highest BCUT2D eigenvalue weighted by atomic mass is 35.5. The first-order valence-electron chi connectivity index (χ1n) is 8.12. The molecule has 0 spiro atoms. The van der Waals surface area contributed by atoms with Gasteiger partial charge in [-0.05, 0) is 26.0 Å². The Bertz CT molecular complexity index is 1070. The van der Waals surface area contributed by atoms with Crippen molar-refractivity contribution in [3.63, 3.8) is 0 Å². The third-order valence-corrected chi connectivity index (χ3v) is 4.94. The molecule has 0 aliphatic carbocycles. The summed E-state index contributed by atoms with van der Waals surface area (Å²) >= 11 is 6.47. The summed E-state index contributed by atoms with van der Waals surface area (Å²) in [5, 5.41) is 10.7. The van der Waals surface area contributed by atoms with E-state index in [1.165, 1.54) is 0 Å². The van der Waals surface area contributed by atoms with Gasteiger partial charge in [-0.15, -0.1) is 0 Å². The number of halogens is 1. The molecule has 0 saturated heterocycles. The van der Waals surface area contributed by atoms with Crippen LogP contribution in [0.1, 0.15) is 24.2 Å². The molecule has 0 fully saturated rings. The van der Waals surface area contributed by atoms with E-state index in [-0.39, 0.29) is 6.04 Å². The maximum atomic E-state index is 6.47. The van der Waals surface area contributed by atoms with Crippen LogP contribution in [0.5, 0.6) is 0 Å². The second-order valence-corrected chi connectivity index (χ2v) is 6.69. The van der Waals surface area contributed by atoms with Gasteiger partial charge in [0.1, 0.15) is 5.69 Å². The fourth-order valence-electron chi connectivity index (χ4n) is 3.41. The van der Waals surface area contributed by atoms with E-state index in [4.69, 9.17) is 11.6 Å². The van der Waals surface area contributed by atoms with Crippen molar-refractivity contribution in [2.75, 3.05) is 0 Å². The molecule has 4 rings (SSSR count). The van der Waals surface area contributed by atoms with Crippen LogP contribution >= 0.6 is 11.6 Å². The Kier molecular flexibility index (Phi) is 3.65. The van der Waals surface area contributed by atoms with Crippen LogP contribution in [-0.4, -0.2) is 29.1 Å². The van der Waals surface area contributed by atoms with Crippen molar-refractivity contribution in [1.82, 2.24) is 29.1 Å². The third kappa shape index (κ3) is 2.44.